The number of para-hydroxylation sites is 1. The lowest BCUT2D eigenvalue weighted by Gasteiger charge is -2.22. The highest BCUT2D eigenvalue weighted by atomic mass is 16.5. The van der Waals surface area contributed by atoms with Crippen LogP contribution in [0.25, 0.3) is 11.4 Å². The molecule has 34 heavy (non-hydrogen) atoms. The number of methoxy groups -OCH3 is 2. The van der Waals surface area contributed by atoms with Crippen LogP contribution in [0.2, 0.25) is 0 Å². The Labute approximate surface area is 198 Å². The summed E-state index contributed by atoms with van der Waals surface area (Å²) < 4.78 is 16.1. The smallest absolute Gasteiger partial charge is 0.322 e. The van der Waals surface area contributed by atoms with Crippen LogP contribution in [0.1, 0.15) is 11.5 Å². The highest BCUT2D eigenvalue weighted by molar-refractivity contribution is 5.89. The summed E-state index contributed by atoms with van der Waals surface area (Å²) >= 11 is 0. The summed E-state index contributed by atoms with van der Waals surface area (Å²) in [7, 11) is 3.16. The zero-order chi connectivity index (χ0) is 23.8. The first-order valence-corrected chi connectivity index (χ1v) is 10.9. The Bertz CT molecular complexity index is 1210. The molecule has 0 aliphatic heterocycles. The van der Waals surface area contributed by atoms with Crippen molar-refractivity contribution >= 4 is 11.7 Å². The fourth-order valence-corrected chi connectivity index (χ4v) is 3.46. The van der Waals surface area contributed by atoms with Crippen molar-refractivity contribution in [3.63, 3.8) is 0 Å². The largest absolute Gasteiger partial charge is 0.493 e. The van der Waals surface area contributed by atoms with Gasteiger partial charge in [-0.05, 0) is 35.9 Å². The molecule has 2 amide bonds. The van der Waals surface area contributed by atoms with Crippen LogP contribution < -0.4 is 14.8 Å². The van der Waals surface area contributed by atoms with Crippen molar-refractivity contribution in [2.45, 2.75) is 13.0 Å². The summed E-state index contributed by atoms with van der Waals surface area (Å²) in [4.78, 5) is 19.2. The number of carbonyl (C=O) groups is 1. The molecule has 0 bridgehead atoms. The van der Waals surface area contributed by atoms with Gasteiger partial charge in [0.05, 0.1) is 14.2 Å². The van der Waals surface area contributed by atoms with Crippen molar-refractivity contribution in [2.24, 2.45) is 0 Å². The van der Waals surface area contributed by atoms with Gasteiger partial charge in [-0.2, -0.15) is 4.98 Å². The number of benzene rings is 3. The first-order chi connectivity index (χ1) is 16.7. The lowest BCUT2D eigenvalue weighted by atomic mass is 10.2. The van der Waals surface area contributed by atoms with E-state index in [1.165, 1.54) is 0 Å². The van der Waals surface area contributed by atoms with Crippen molar-refractivity contribution in [3.05, 3.63) is 90.3 Å². The molecule has 1 N–H and O–H groups in total. The zero-order valence-electron chi connectivity index (χ0n) is 19.1. The van der Waals surface area contributed by atoms with Gasteiger partial charge in [0.1, 0.15) is 0 Å². The van der Waals surface area contributed by atoms with Gasteiger partial charge in [0.15, 0.2) is 11.5 Å². The Kier molecular flexibility index (Phi) is 7.39. The second-order valence-corrected chi connectivity index (χ2v) is 7.53. The molecule has 0 atom stereocenters. The standard InChI is InChI=1S/C26H26N4O4/c1-32-22-14-13-20(17-23(22)33-2)25-28-24(34-29-25)15-16-30(18-19-9-5-3-6-10-19)26(31)27-21-11-7-4-8-12-21/h3-14,17H,15-16,18H2,1-2H3,(H,27,31). The lowest BCUT2D eigenvalue weighted by molar-refractivity contribution is 0.207. The van der Waals surface area contributed by atoms with Gasteiger partial charge in [-0.15, -0.1) is 0 Å². The van der Waals surface area contributed by atoms with E-state index >= 15 is 0 Å². The number of hydrogen-bond acceptors (Lipinski definition) is 6. The maximum absolute atomic E-state index is 13.0. The van der Waals surface area contributed by atoms with E-state index in [-0.39, 0.29) is 6.03 Å². The number of hydrogen-bond donors (Lipinski definition) is 1. The van der Waals surface area contributed by atoms with E-state index in [1.54, 1.807) is 31.3 Å². The van der Waals surface area contributed by atoms with Crippen LogP contribution >= 0.6 is 0 Å². The van der Waals surface area contributed by atoms with Gasteiger partial charge in [0.25, 0.3) is 0 Å². The van der Waals surface area contributed by atoms with Gasteiger partial charge >= 0.3 is 6.03 Å². The molecule has 4 aromatic rings. The number of nitrogens with one attached hydrogen (secondary N) is 1. The molecule has 1 heterocycles. The van der Waals surface area contributed by atoms with E-state index in [2.05, 4.69) is 15.5 Å². The highest BCUT2D eigenvalue weighted by Crippen LogP contribution is 2.31. The molecule has 0 unspecified atom stereocenters. The Hall–Kier alpha value is -4.33. The van der Waals surface area contributed by atoms with Crippen molar-refractivity contribution in [3.8, 4) is 22.9 Å². The van der Waals surface area contributed by atoms with Gasteiger partial charge in [0, 0.05) is 30.8 Å². The quantitative estimate of drug-likeness (QED) is 0.378. The second kappa shape index (κ2) is 11.0. The molecule has 1 aromatic heterocycles. The van der Waals surface area contributed by atoms with E-state index in [1.807, 2.05) is 66.7 Å². The molecule has 0 radical (unpaired) electrons. The third-order valence-corrected chi connectivity index (χ3v) is 5.23. The van der Waals surface area contributed by atoms with Crippen molar-refractivity contribution in [1.29, 1.82) is 0 Å². The number of amides is 2. The average molecular weight is 459 g/mol. The molecule has 8 heteroatoms. The molecule has 0 spiro atoms. The van der Waals surface area contributed by atoms with E-state index < -0.39 is 0 Å². The number of carbonyl (C=O) groups excluding carboxylic acids is 1. The normalized spacial score (nSPS) is 10.5. The Balaban J connectivity index is 1.47. The minimum atomic E-state index is -0.199. The lowest BCUT2D eigenvalue weighted by Crippen LogP contribution is -2.36. The first-order valence-electron chi connectivity index (χ1n) is 10.9. The zero-order valence-corrected chi connectivity index (χ0v) is 19.1. The summed E-state index contributed by atoms with van der Waals surface area (Å²) in [6, 6.07) is 24.4. The fourth-order valence-electron chi connectivity index (χ4n) is 3.46. The fraction of sp³-hybridized carbons (Fsp3) is 0.192. The summed E-state index contributed by atoms with van der Waals surface area (Å²) in [5.74, 6) is 2.09. The average Bonchev–Trinajstić information content (AvgIpc) is 3.36. The van der Waals surface area contributed by atoms with Crippen molar-refractivity contribution in [2.75, 3.05) is 26.1 Å². The number of ether oxygens (including phenoxy) is 2. The van der Waals surface area contributed by atoms with Crippen molar-refractivity contribution < 1.29 is 18.8 Å². The number of urea groups is 1. The second-order valence-electron chi connectivity index (χ2n) is 7.53. The predicted molar refractivity (Wildman–Crippen MR) is 129 cm³/mol. The molecule has 4 rings (SSSR count). The molecule has 0 saturated heterocycles. The monoisotopic (exact) mass is 458 g/mol. The molecule has 3 aromatic carbocycles. The van der Waals surface area contributed by atoms with Crippen LogP contribution in [-0.2, 0) is 13.0 Å². The van der Waals surface area contributed by atoms with Gasteiger partial charge < -0.3 is 24.2 Å². The van der Waals surface area contributed by atoms with E-state index in [4.69, 9.17) is 14.0 Å². The highest BCUT2D eigenvalue weighted by Gasteiger charge is 2.17. The molecule has 0 fully saturated rings. The van der Waals surface area contributed by atoms with Crippen LogP contribution in [-0.4, -0.2) is 41.8 Å². The van der Waals surface area contributed by atoms with Crippen LogP contribution in [0.3, 0.4) is 0 Å². The van der Waals surface area contributed by atoms with Crippen molar-refractivity contribution in [1.82, 2.24) is 15.0 Å². The maximum Gasteiger partial charge on any atom is 0.322 e. The van der Waals surface area contributed by atoms with Gasteiger partial charge in [-0.1, -0.05) is 53.7 Å². The van der Waals surface area contributed by atoms with Gasteiger partial charge in [-0.3, -0.25) is 0 Å². The minimum absolute atomic E-state index is 0.199. The molecule has 174 valence electrons. The summed E-state index contributed by atoms with van der Waals surface area (Å²) in [6.45, 7) is 0.858. The van der Waals surface area contributed by atoms with Crippen LogP contribution in [0.4, 0.5) is 10.5 Å². The van der Waals surface area contributed by atoms with Crippen LogP contribution in [0.15, 0.2) is 83.4 Å². The Morgan fingerprint density at radius 2 is 1.65 bits per heavy atom. The third kappa shape index (κ3) is 5.72. The molecule has 0 aliphatic rings. The van der Waals surface area contributed by atoms with E-state index in [0.717, 1.165) is 16.8 Å². The predicted octanol–water partition coefficient (Wildman–Crippen LogP) is 5.03. The molecule has 0 saturated carbocycles. The molecule has 0 aliphatic carbocycles. The summed E-state index contributed by atoms with van der Waals surface area (Å²) in [5, 5.41) is 7.04. The molecule has 8 nitrogen and oxygen atoms in total. The summed E-state index contributed by atoms with van der Waals surface area (Å²) in [5.41, 5.74) is 2.51. The molecular formula is C26H26N4O4. The van der Waals surface area contributed by atoms with Crippen LogP contribution in [0, 0.1) is 0 Å². The van der Waals surface area contributed by atoms with Gasteiger partial charge in [-0.25, -0.2) is 4.79 Å². The van der Waals surface area contributed by atoms with E-state index in [0.29, 0.717) is 42.7 Å². The third-order valence-electron chi connectivity index (χ3n) is 5.23. The maximum atomic E-state index is 13.0. The Morgan fingerprint density at radius 1 is 0.941 bits per heavy atom. The SMILES string of the molecule is COc1ccc(-c2noc(CCN(Cc3ccccc3)C(=O)Nc3ccccc3)n2)cc1OC. The number of nitrogens with zero attached hydrogens (tertiary/aromatic N) is 3. The Morgan fingerprint density at radius 3 is 2.35 bits per heavy atom. The number of anilines is 1. The minimum Gasteiger partial charge on any atom is -0.493 e. The molecular weight excluding hydrogens is 432 g/mol. The number of aromatic nitrogens is 2. The van der Waals surface area contributed by atoms with Crippen LogP contribution in [0.5, 0.6) is 11.5 Å². The summed E-state index contributed by atoms with van der Waals surface area (Å²) in [6.07, 6.45) is 0.412. The number of rotatable bonds is 9. The first kappa shape index (κ1) is 22.8. The topological polar surface area (TPSA) is 89.7 Å². The van der Waals surface area contributed by atoms with Gasteiger partial charge in [0.2, 0.25) is 11.7 Å². The van der Waals surface area contributed by atoms with E-state index in [9.17, 15) is 4.79 Å².